The zero-order valence-electron chi connectivity index (χ0n) is 22.3. The Morgan fingerprint density at radius 2 is 1.90 bits per heavy atom. The predicted octanol–water partition coefficient (Wildman–Crippen LogP) is 5.04. The van der Waals surface area contributed by atoms with E-state index in [2.05, 4.69) is 25.9 Å². The molecule has 0 spiro atoms. The number of rotatable bonds is 6. The minimum atomic E-state index is -4.84. The number of hydrogen-bond acceptors (Lipinski definition) is 8. The largest absolute Gasteiger partial charge is 0.472 e. The lowest BCUT2D eigenvalue weighted by Crippen LogP contribution is -2.36. The molecule has 0 aliphatic carbocycles. The van der Waals surface area contributed by atoms with E-state index in [9.17, 15) is 18.0 Å². The molecule has 3 atom stereocenters. The molecule has 2 aliphatic heterocycles. The van der Waals surface area contributed by atoms with Gasteiger partial charge in [0.25, 0.3) is 0 Å². The second-order valence-electron chi connectivity index (χ2n) is 10.7. The maximum Gasteiger partial charge on any atom is 0.417 e. The fourth-order valence-electron chi connectivity index (χ4n) is 4.56. The van der Waals surface area contributed by atoms with Gasteiger partial charge in [-0.3, -0.25) is 4.90 Å². The third-order valence-electron chi connectivity index (χ3n) is 6.58. The van der Waals surface area contributed by atoms with Crippen LogP contribution in [0.25, 0.3) is 10.9 Å². The van der Waals surface area contributed by atoms with Gasteiger partial charge in [0.15, 0.2) is 5.82 Å². The van der Waals surface area contributed by atoms with Crippen LogP contribution in [0.3, 0.4) is 0 Å². The van der Waals surface area contributed by atoms with Crippen LogP contribution in [-0.2, 0) is 15.7 Å². The summed E-state index contributed by atoms with van der Waals surface area (Å²) in [6, 6.07) is 0.482. The topological polar surface area (TPSA) is 86.2 Å². The lowest BCUT2D eigenvalue weighted by molar-refractivity contribution is -0.138. The van der Waals surface area contributed by atoms with Crippen molar-refractivity contribution in [1.29, 1.82) is 0 Å². The van der Waals surface area contributed by atoms with E-state index in [1.165, 1.54) is 4.90 Å². The Bertz CT molecular complexity index is 1230. The van der Waals surface area contributed by atoms with Crippen molar-refractivity contribution in [2.45, 2.75) is 63.6 Å². The first-order chi connectivity index (χ1) is 18.2. The third-order valence-corrected chi connectivity index (χ3v) is 7.36. The standard InChI is InChI=1S/C25H31BrF4N4O5/c1-24(2,3)39-23(35)34-7-6-14(11-34)38-21-16-9-17(25(28,29)30)18(26)19(27)20(16)31-22(32-21)37-12-13-8-15(36-5)10-33(13)4/h9,13-15H,6-8,10-12H2,1-5H3/t13-,14+,15+/m0/s1. The number of likely N-dealkylation sites (tertiary alicyclic amines) is 2. The molecule has 3 heterocycles. The molecule has 2 saturated heterocycles. The van der Waals surface area contributed by atoms with E-state index in [4.69, 9.17) is 18.9 Å². The molecular weight excluding hydrogens is 592 g/mol. The summed E-state index contributed by atoms with van der Waals surface area (Å²) in [5.41, 5.74) is -2.30. The molecule has 1 aromatic heterocycles. The molecule has 1 aromatic carbocycles. The molecule has 0 N–H and O–H groups in total. The van der Waals surface area contributed by atoms with Gasteiger partial charge in [-0.2, -0.15) is 23.1 Å². The molecule has 1 amide bonds. The lowest BCUT2D eigenvalue weighted by Gasteiger charge is -2.24. The van der Waals surface area contributed by atoms with Crippen molar-refractivity contribution >= 4 is 32.9 Å². The zero-order valence-corrected chi connectivity index (χ0v) is 23.9. The van der Waals surface area contributed by atoms with Crippen molar-refractivity contribution in [3.63, 3.8) is 0 Å². The molecule has 0 bridgehead atoms. The first-order valence-electron chi connectivity index (χ1n) is 12.4. The number of fused-ring (bicyclic) bond motifs is 1. The van der Waals surface area contributed by atoms with E-state index < -0.39 is 39.8 Å². The first-order valence-corrected chi connectivity index (χ1v) is 13.2. The smallest absolute Gasteiger partial charge is 0.417 e. The molecule has 0 radical (unpaired) electrons. The van der Waals surface area contributed by atoms with Crippen LogP contribution in [0.5, 0.6) is 11.9 Å². The van der Waals surface area contributed by atoms with Crippen molar-refractivity contribution in [3.8, 4) is 11.9 Å². The van der Waals surface area contributed by atoms with Gasteiger partial charge < -0.3 is 23.8 Å². The number of carbonyl (C=O) groups excluding carboxylic acids is 1. The molecule has 216 valence electrons. The minimum Gasteiger partial charge on any atom is -0.472 e. The summed E-state index contributed by atoms with van der Waals surface area (Å²) in [6.45, 7) is 6.52. The highest BCUT2D eigenvalue weighted by Crippen LogP contribution is 2.41. The molecule has 9 nitrogen and oxygen atoms in total. The van der Waals surface area contributed by atoms with Crippen molar-refractivity contribution < 1.29 is 41.3 Å². The normalized spacial score (nSPS) is 22.5. The first kappa shape index (κ1) is 29.5. The number of methoxy groups -OCH3 is 1. The molecule has 14 heteroatoms. The van der Waals surface area contributed by atoms with Gasteiger partial charge in [0.05, 0.1) is 28.1 Å². The Hall–Kier alpha value is -2.45. The number of aromatic nitrogens is 2. The molecule has 2 aromatic rings. The summed E-state index contributed by atoms with van der Waals surface area (Å²) in [6.07, 6.45) is -4.89. The second kappa shape index (κ2) is 11.2. The minimum absolute atomic E-state index is 0.0278. The van der Waals surface area contributed by atoms with E-state index in [1.807, 2.05) is 11.9 Å². The summed E-state index contributed by atoms with van der Waals surface area (Å²) >= 11 is 2.72. The van der Waals surface area contributed by atoms with Gasteiger partial charge in [-0.25, -0.2) is 9.18 Å². The Kier molecular flexibility index (Phi) is 8.48. The van der Waals surface area contributed by atoms with Crippen molar-refractivity contribution in [2.24, 2.45) is 0 Å². The fraction of sp³-hybridized carbons (Fsp3) is 0.640. The summed E-state index contributed by atoms with van der Waals surface area (Å²) in [5.74, 6) is -1.48. The van der Waals surface area contributed by atoms with Crippen LogP contribution in [0.4, 0.5) is 22.4 Å². The number of nitrogens with zero attached hydrogens (tertiary/aromatic N) is 4. The van der Waals surface area contributed by atoms with E-state index in [0.717, 1.165) is 6.07 Å². The van der Waals surface area contributed by atoms with Gasteiger partial charge >= 0.3 is 18.3 Å². The highest BCUT2D eigenvalue weighted by molar-refractivity contribution is 9.10. The zero-order chi connectivity index (χ0) is 28.7. The molecule has 2 fully saturated rings. The number of halogens is 5. The van der Waals surface area contributed by atoms with Gasteiger partial charge in [0.2, 0.25) is 5.88 Å². The number of amides is 1. The third kappa shape index (κ3) is 6.83. The van der Waals surface area contributed by atoms with Gasteiger partial charge in [0, 0.05) is 32.7 Å². The van der Waals surface area contributed by atoms with Crippen LogP contribution in [0.1, 0.15) is 39.2 Å². The van der Waals surface area contributed by atoms with Crippen LogP contribution in [0.15, 0.2) is 10.5 Å². The summed E-state index contributed by atoms with van der Waals surface area (Å²) < 4.78 is 78.0. The van der Waals surface area contributed by atoms with Crippen LogP contribution in [0.2, 0.25) is 0 Å². The highest BCUT2D eigenvalue weighted by atomic mass is 79.9. The Labute approximate surface area is 231 Å². The van der Waals surface area contributed by atoms with Crippen molar-refractivity contribution in [3.05, 3.63) is 21.9 Å². The number of ether oxygens (including phenoxy) is 4. The lowest BCUT2D eigenvalue weighted by atomic mass is 10.1. The summed E-state index contributed by atoms with van der Waals surface area (Å²) in [4.78, 5) is 24.2. The quantitative estimate of drug-likeness (QED) is 0.415. The Morgan fingerprint density at radius 3 is 2.51 bits per heavy atom. The van der Waals surface area contributed by atoms with Gasteiger partial charge in [-0.1, -0.05) is 0 Å². The molecular formula is C25H31BrF4N4O5. The number of likely N-dealkylation sites (N-methyl/N-ethyl adjacent to an activating group) is 1. The van der Waals surface area contributed by atoms with Crippen molar-refractivity contribution in [1.82, 2.24) is 19.8 Å². The fourth-order valence-corrected chi connectivity index (χ4v) is 5.08. The number of hydrogen-bond donors (Lipinski definition) is 0. The van der Waals surface area contributed by atoms with Crippen molar-refractivity contribution in [2.75, 3.05) is 40.4 Å². The number of carbonyl (C=O) groups is 1. The highest BCUT2D eigenvalue weighted by Gasteiger charge is 2.37. The van der Waals surface area contributed by atoms with Crippen LogP contribution in [0, 0.1) is 5.82 Å². The molecule has 0 saturated carbocycles. The number of benzene rings is 1. The molecule has 2 aliphatic rings. The van der Waals surface area contributed by atoms with Gasteiger partial charge in [-0.05, 0) is 56.2 Å². The molecule has 0 unspecified atom stereocenters. The van der Waals surface area contributed by atoms with E-state index in [-0.39, 0.29) is 48.1 Å². The van der Waals surface area contributed by atoms with E-state index in [0.29, 0.717) is 25.9 Å². The number of alkyl halides is 3. The summed E-state index contributed by atoms with van der Waals surface area (Å²) in [5, 5.41) is -0.261. The second-order valence-corrected chi connectivity index (χ2v) is 11.5. The van der Waals surface area contributed by atoms with Crippen LogP contribution in [-0.4, -0.2) is 90.1 Å². The average molecular weight is 623 g/mol. The Balaban J connectivity index is 1.64. The van der Waals surface area contributed by atoms with Gasteiger partial charge in [-0.15, -0.1) is 0 Å². The monoisotopic (exact) mass is 622 g/mol. The SMILES string of the molecule is CO[C@@H]1C[C@@H](COc2nc(O[C@@H]3CCN(C(=O)OC(C)(C)C)C3)c3cc(C(F)(F)F)c(Br)c(F)c3n2)N(C)C1. The predicted molar refractivity (Wildman–Crippen MR) is 136 cm³/mol. The van der Waals surface area contributed by atoms with E-state index >= 15 is 4.39 Å². The molecule has 39 heavy (non-hydrogen) atoms. The van der Waals surface area contributed by atoms with Crippen LogP contribution < -0.4 is 9.47 Å². The molecule has 4 rings (SSSR count). The van der Waals surface area contributed by atoms with E-state index in [1.54, 1.807) is 27.9 Å². The average Bonchev–Trinajstić information content (AvgIpc) is 3.44. The Morgan fingerprint density at radius 1 is 1.18 bits per heavy atom. The maximum atomic E-state index is 15.2. The van der Waals surface area contributed by atoms with Gasteiger partial charge in [0.1, 0.15) is 23.8 Å². The summed E-state index contributed by atoms with van der Waals surface area (Å²) in [7, 11) is 3.54. The van der Waals surface area contributed by atoms with Crippen LogP contribution >= 0.6 is 15.9 Å². The maximum absolute atomic E-state index is 15.2.